The summed E-state index contributed by atoms with van der Waals surface area (Å²) in [6, 6.07) is 25.9. The molecule has 0 aromatic heterocycles. The molecule has 2 aliphatic rings. The molecule has 4 aromatic rings. The Morgan fingerprint density at radius 2 is 0.853 bits per heavy atom. The lowest BCUT2D eigenvalue weighted by molar-refractivity contribution is 0.281. The van der Waals surface area contributed by atoms with E-state index in [9.17, 15) is 10.2 Å². The smallest absolute Gasteiger partial charge is 0.0682 e. The second kappa shape index (κ2) is 8.47. The molecule has 4 aromatic carbocycles. The summed E-state index contributed by atoms with van der Waals surface area (Å²) in [5, 5.41) is 19.9. The summed E-state index contributed by atoms with van der Waals surface area (Å²) < 4.78 is 0. The maximum absolute atomic E-state index is 9.94. The molecule has 0 radical (unpaired) electrons. The van der Waals surface area contributed by atoms with Gasteiger partial charge in [-0.2, -0.15) is 0 Å². The van der Waals surface area contributed by atoms with Crippen LogP contribution in [0.25, 0.3) is 11.1 Å². The van der Waals surface area contributed by atoms with Crippen LogP contribution in [0.2, 0.25) is 0 Å². The maximum Gasteiger partial charge on any atom is 0.0682 e. The molecule has 2 aliphatic heterocycles. The zero-order valence-electron chi connectivity index (χ0n) is 19.1. The van der Waals surface area contributed by atoms with E-state index in [4.69, 9.17) is 0 Å². The van der Waals surface area contributed by atoms with E-state index < -0.39 is 0 Å². The molecule has 0 fully saturated rings. The molecule has 4 heteroatoms. The molecule has 0 spiro atoms. The number of hydrogen-bond acceptors (Lipinski definition) is 4. The highest BCUT2D eigenvalue weighted by atomic mass is 32.2. The summed E-state index contributed by atoms with van der Waals surface area (Å²) >= 11 is 3.58. The van der Waals surface area contributed by atoms with Crippen molar-refractivity contribution >= 4 is 34.7 Å². The first kappa shape index (κ1) is 21.8. The zero-order valence-corrected chi connectivity index (χ0v) is 20.7. The number of hydrogen-bond donors (Lipinski definition) is 2. The maximum atomic E-state index is 9.94. The van der Waals surface area contributed by atoms with Gasteiger partial charge in [0.25, 0.3) is 0 Å². The van der Waals surface area contributed by atoms with Gasteiger partial charge in [-0.05, 0) is 94.8 Å². The first-order chi connectivity index (χ1) is 16.6. The number of benzene rings is 4. The van der Waals surface area contributed by atoms with E-state index in [1.54, 1.807) is 23.5 Å². The van der Waals surface area contributed by atoms with Crippen LogP contribution >= 0.6 is 23.5 Å². The van der Waals surface area contributed by atoms with Crippen LogP contribution < -0.4 is 0 Å². The molecular formula is C30H24O2S2. The largest absolute Gasteiger partial charge is 0.392 e. The third-order valence-electron chi connectivity index (χ3n) is 6.49. The van der Waals surface area contributed by atoms with Gasteiger partial charge >= 0.3 is 0 Å². The Kier molecular flexibility index (Phi) is 5.42. The average Bonchev–Trinajstić information content (AvgIpc) is 2.86. The van der Waals surface area contributed by atoms with Gasteiger partial charge in [0.05, 0.1) is 13.2 Å². The van der Waals surface area contributed by atoms with E-state index in [0.717, 1.165) is 22.3 Å². The molecule has 0 bridgehead atoms. The van der Waals surface area contributed by atoms with Crippen molar-refractivity contribution in [1.82, 2.24) is 0 Å². The first-order valence-corrected chi connectivity index (χ1v) is 13.0. The Morgan fingerprint density at radius 3 is 1.24 bits per heavy atom. The lowest BCUT2D eigenvalue weighted by Gasteiger charge is -2.30. The highest BCUT2D eigenvalue weighted by Crippen LogP contribution is 2.54. The lowest BCUT2D eigenvalue weighted by Crippen LogP contribution is -2.08. The highest BCUT2D eigenvalue weighted by Gasteiger charge is 2.30. The quantitative estimate of drug-likeness (QED) is 0.274. The van der Waals surface area contributed by atoms with E-state index in [1.807, 2.05) is 12.1 Å². The van der Waals surface area contributed by atoms with Crippen LogP contribution in [0.4, 0.5) is 0 Å². The predicted molar refractivity (Wildman–Crippen MR) is 140 cm³/mol. The van der Waals surface area contributed by atoms with Gasteiger partial charge in [-0.3, -0.25) is 0 Å². The van der Waals surface area contributed by atoms with E-state index in [2.05, 4.69) is 74.5 Å². The standard InChI is InChI=1S/C30H24O2S2/c1-17-3-7-25-21(11-17)29(23-13-19(15-31)5-9-27(23)33-25)30-22-12-18(2)4-8-26(22)34-28-10-6-20(16-32)14-24(28)30/h3-14,31-32H,15-16H2,1-2H3/b30-29+. The van der Waals surface area contributed by atoms with Gasteiger partial charge in [0.2, 0.25) is 0 Å². The van der Waals surface area contributed by atoms with Crippen LogP contribution in [-0.2, 0) is 13.2 Å². The van der Waals surface area contributed by atoms with E-state index >= 15 is 0 Å². The number of aliphatic hydroxyl groups is 2. The number of rotatable bonds is 2. The van der Waals surface area contributed by atoms with Crippen molar-refractivity contribution in [3.8, 4) is 0 Å². The van der Waals surface area contributed by atoms with Crippen molar-refractivity contribution in [2.45, 2.75) is 46.6 Å². The van der Waals surface area contributed by atoms with E-state index in [0.29, 0.717) is 0 Å². The average molecular weight is 481 g/mol. The van der Waals surface area contributed by atoms with Gasteiger partial charge in [0, 0.05) is 19.6 Å². The molecular weight excluding hydrogens is 456 g/mol. The minimum absolute atomic E-state index is 0.0119. The molecule has 2 heterocycles. The molecule has 0 saturated carbocycles. The van der Waals surface area contributed by atoms with Crippen molar-refractivity contribution in [3.63, 3.8) is 0 Å². The molecule has 34 heavy (non-hydrogen) atoms. The zero-order chi connectivity index (χ0) is 23.4. The molecule has 6 rings (SSSR count). The Balaban J connectivity index is 1.79. The molecule has 2 nitrogen and oxygen atoms in total. The van der Waals surface area contributed by atoms with Crippen molar-refractivity contribution in [1.29, 1.82) is 0 Å². The topological polar surface area (TPSA) is 40.5 Å². The second-order valence-electron chi connectivity index (χ2n) is 8.93. The predicted octanol–water partition coefficient (Wildman–Crippen LogP) is 7.22. The summed E-state index contributed by atoms with van der Waals surface area (Å²) in [6.07, 6.45) is 0. The Bertz CT molecular complexity index is 1390. The Morgan fingerprint density at radius 1 is 0.500 bits per heavy atom. The number of fused-ring (bicyclic) bond motifs is 4. The molecule has 0 amide bonds. The second-order valence-corrected chi connectivity index (χ2v) is 11.1. The molecule has 0 unspecified atom stereocenters. The van der Waals surface area contributed by atoms with Gasteiger partial charge < -0.3 is 10.2 Å². The molecule has 0 atom stereocenters. The lowest BCUT2D eigenvalue weighted by atomic mass is 9.83. The third-order valence-corrected chi connectivity index (χ3v) is 8.79. The summed E-state index contributed by atoms with van der Waals surface area (Å²) in [6.45, 7) is 4.30. The molecule has 0 saturated heterocycles. The molecule has 168 valence electrons. The summed E-state index contributed by atoms with van der Waals surface area (Å²) in [7, 11) is 0. The third kappa shape index (κ3) is 3.53. The van der Waals surface area contributed by atoms with Crippen molar-refractivity contribution < 1.29 is 10.2 Å². The van der Waals surface area contributed by atoms with Gasteiger partial charge in [-0.25, -0.2) is 0 Å². The van der Waals surface area contributed by atoms with Gasteiger partial charge in [0.15, 0.2) is 0 Å². The van der Waals surface area contributed by atoms with E-state index in [1.165, 1.54) is 53.0 Å². The molecule has 0 aliphatic carbocycles. The van der Waals surface area contributed by atoms with Crippen LogP contribution in [-0.4, -0.2) is 10.2 Å². The van der Waals surface area contributed by atoms with Crippen molar-refractivity contribution in [2.75, 3.05) is 0 Å². The number of aryl methyl sites for hydroxylation is 2. The van der Waals surface area contributed by atoms with Gasteiger partial charge in [0.1, 0.15) is 0 Å². The van der Waals surface area contributed by atoms with Crippen LogP contribution in [0.15, 0.2) is 92.4 Å². The van der Waals surface area contributed by atoms with Crippen LogP contribution in [0.1, 0.15) is 44.5 Å². The van der Waals surface area contributed by atoms with Crippen molar-refractivity contribution in [2.24, 2.45) is 0 Å². The summed E-state index contributed by atoms with van der Waals surface area (Å²) in [5.74, 6) is 0. The highest BCUT2D eigenvalue weighted by molar-refractivity contribution is 8.00. The fourth-order valence-electron chi connectivity index (χ4n) is 4.84. The van der Waals surface area contributed by atoms with E-state index in [-0.39, 0.29) is 13.2 Å². The summed E-state index contributed by atoms with van der Waals surface area (Å²) in [4.78, 5) is 4.88. The monoisotopic (exact) mass is 480 g/mol. The SMILES string of the molecule is Cc1ccc2c(c1)/C(=C1/c3cc(C)ccc3Sc3ccc(CO)cc31)c1cc(CO)ccc1S2. The fourth-order valence-corrected chi connectivity index (χ4v) is 6.94. The number of aliphatic hydroxyl groups excluding tert-OH is 2. The van der Waals surface area contributed by atoms with Gasteiger partial charge in [-0.1, -0.05) is 71.0 Å². The molecule has 2 N–H and O–H groups in total. The Labute approximate surface area is 208 Å². The minimum Gasteiger partial charge on any atom is -0.392 e. The first-order valence-electron chi connectivity index (χ1n) is 11.4. The minimum atomic E-state index is 0.0119. The summed E-state index contributed by atoms with van der Waals surface area (Å²) in [5.41, 5.74) is 11.4. The fraction of sp³-hybridized carbons (Fsp3) is 0.133. The van der Waals surface area contributed by atoms with Crippen LogP contribution in [0.5, 0.6) is 0 Å². The van der Waals surface area contributed by atoms with Crippen LogP contribution in [0.3, 0.4) is 0 Å². The normalized spacial score (nSPS) is 15.9. The van der Waals surface area contributed by atoms with Crippen molar-refractivity contribution in [3.05, 3.63) is 117 Å². The van der Waals surface area contributed by atoms with Gasteiger partial charge in [-0.15, -0.1) is 0 Å². The Hall–Kier alpha value is -2.76. The van der Waals surface area contributed by atoms with Crippen LogP contribution in [0, 0.1) is 13.8 Å².